The monoisotopic (exact) mass is 442 g/mol. The predicted octanol–water partition coefficient (Wildman–Crippen LogP) is 3.22. The van der Waals surface area contributed by atoms with Gasteiger partial charge in [0.05, 0.1) is 13.2 Å². The zero-order valence-electron chi connectivity index (χ0n) is 17.9. The Balaban J connectivity index is 1.40. The summed E-state index contributed by atoms with van der Waals surface area (Å²) in [6.45, 7) is 2.52. The number of ether oxygens (including phenoxy) is 3. The molecule has 2 N–H and O–H groups in total. The van der Waals surface area contributed by atoms with Gasteiger partial charge in [0.1, 0.15) is 0 Å². The summed E-state index contributed by atoms with van der Waals surface area (Å²) in [6.07, 6.45) is 0.564. The Morgan fingerprint density at radius 1 is 0.848 bits per heavy atom. The molecule has 0 spiro atoms. The first-order valence-corrected chi connectivity index (χ1v) is 11.0. The molecule has 2 heterocycles. The summed E-state index contributed by atoms with van der Waals surface area (Å²) in [4.78, 5) is 27.1. The molecule has 7 nitrogen and oxygen atoms in total. The molecule has 1 fully saturated rings. The van der Waals surface area contributed by atoms with Gasteiger partial charge in [-0.2, -0.15) is 0 Å². The summed E-state index contributed by atoms with van der Waals surface area (Å²) in [5, 5.41) is 0. The van der Waals surface area contributed by atoms with Gasteiger partial charge in [0.2, 0.25) is 12.7 Å². The van der Waals surface area contributed by atoms with E-state index in [1.165, 1.54) is 0 Å². The zero-order valence-corrected chi connectivity index (χ0v) is 17.9. The summed E-state index contributed by atoms with van der Waals surface area (Å²) < 4.78 is 16.3. The Labute approximate surface area is 190 Å². The Bertz CT molecular complexity index is 1310. The van der Waals surface area contributed by atoms with E-state index in [1.807, 2.05) is 47.4 Å². The van der Waals surface area contributed by atoms with Gasteiger partial charge < -0.3 is 24.8 Å². The highest BCUT2D eigenvalue weighted by Crippen LogP contribution is 2.43. The first-order chi connectivity index (χ1) is 16.1. The van der Waals surface area contributed by atoms with Gasteiger partial charge in [-0.3, -0.25) is 9.59 Å². The topological polar surface area (TPSA) is 91.1 Å². The van der Waals surface area contributed by atoms with Crippen molar-refractivity contribution in [3.05, 3.63) is 70.8 Å². The fraction of sp³-hybridized carbons (Fsp3) is 0.231. The summed E-state index contributed by atoms with van der Waals surface area (Å²) in [5.41, 5.74) is 12.6. The molecule has 33 heavy (non-hydrogen) atoms. The van der Waals surface area contributed by atoms with Crippen LogP contribution in [0.4, 0.5) is 0 Å². The van der Waals surface area contributed by atoms with Crippen molar-refractivity contribution >= 4 is 11.8 Å². The minimum absolute atomic E-state index is 0.00762. The van der Waals surface area contributed by atoms with Crippen molar-refractivity contribution in [2.45, 2.75) is 6.42 Å². The minimum Gasteiger partial charge on any atom is -0.454 e. The highest BCUT2D eigenvalue weighted by molar-refractivity contribution is 6.01. The second kappa shape index (κ2) is 7.64. The third kappa shape index (κ3) is 3.32. The van der Waals surface area contributed by atoms with Crippen LogP contribution in [0.2, 0.25) is 0 Å². The number of fused-ring (bicyclic) bond motifs is 4. The van der Waals surface area contributed by atoms with E-state index < -0.39 is 5.91 Å². The highest BCUT2D eigenvalue weighted by Gasteiger charge is 2.27. The van der Waals surface area contributed by atoms with Crippen LogP contribution in [0.5, 0.6) is 11.5 Å². The number of primary amides is 1. The van der Waals surface area contributed by atoms with Crippen molar-refractivity contribution in [1.82, 2.24) is 4.90 Å². The molecular formula is C26H22N2O5. The number of carbonyl (C=O) groups is 2. The Hall–Kier alpha value is -3.84. The minimum atomic E-state index is -0.466. The molecule has 0 aromatic heterocycles. The van der Waals surface area contributed by atoms with Gasteiger partial charge in [0, 0.05) is 24.2 Å². The van der Waals surface area contributed by atoms with E-state index in [1.54, 1.807) is 0 Å². The number of nitrogens with two attached hydrogens (primary N) is 1. The molecule has 2 aliphatic heterocycles. The van der Waals surface area contributed by atoms with E-state index in [0.29, 0.717) is 55.4 Å². The second-order valence-corrected chi connectivity index (χ2v) is 8.44. The van der Waals surface area contributed by atoms with Crippen LogP contribution in [0, 0.1) is 0 Å². The number of hydrogen-bond donors (Lipinski definition) is 1. The molecule has 0 saturated carbocycles. The van der Waals surface area contributed by atoms with Crippen LogP contribution in [0.25, 0.3) is 22.3 Å². The first-order valence-electron chi connectivity index (χ1n) is 11.0. The normalized spacial score (nSPS) is 15.8. The maximum absolute atomic E-state index is 13.0. The van der Waals surface area contributed by atoms with Crippen molar-refractivity contribution in [3.8, 4) is 33.8 Å². The number of carbonyl (C=O) groups excluding carboxylic acids is 2. The fourth-order valence-corrected chi connectivity index (χ4v) is 4.84. The van der Waals surface area contributed by atoms with E-state index in [4.69, 9.17) is 19.9 Å². The average molecular weight is 442 g/mol. The lowest BCUT2D eigenvalue weighted by Crippen LogP contribution is -2.40. The lowest BCUT2D eigenvalue weighted by Gasteiger charge is -2.27. The van der Waals surface area contributed by atoms with Crippen LogP contribution in [0.3, 0.4) is 0 Å². The van der Waals surface area contributed by atoms with Crippen LogP contribution >= 0.6 is 0 Å². The van der Waals surface area contributed by atoms with Crippen LogP contribution in [-0.2, 0) is 11.2 Å². The maximum atomic E-state index is 13.0. The first kappa shape index (κ1) is 19.8. The molecule has 6 rings (SSSR count). The average Bonchev–Trinajstić information content (AvgIpc) is 3.46. The second-order valence-electron chi connectivity index (χ2n) is 8.44. The third-order valence-electron chi connectivity index (χ3n) is 6.53. The molecule has 3 aliphatic rings. The van der Waals surface area contributed by atoms with Crippen LogP contribution in [0.15, 0.2) is 48.5 Å². The molecule has 1 saturated heterocycles. The van der Waals surface area contributed by atoms with Crippen LogP contribution < -0.4 is 15.2 Å². The molecule has 1 aliphatic carbocycles. The number of amides is 2. The summed E-state index contributed by atoms with van der Waals surface area (Å²) in [7, 11) is 0. The van der Waals surface area contributed by atoms with Gasteiger partial charge in [-0.05, 0) is 76.2 Å². The smallest absolute Gasteiger partial charge is 0.254 e. The summed E-state index contributed by atoms with van der Waals surface area (Å²) >= 11 is 0. The Morgan fingerprint density at radius 3 is 2.48 bits per heavy atom. The quantitative estimate of drug-likeness (QED) is 0.526. The molecular weight excluding hydrogens is 420 g/mol. The lowest BCUT2D eigenvalue weighted by molar-refractivity contribution is 0.0303. The van der Waals surface area contributed by atoms with Gasteiger partial charge in [-0.25, -0.2) is 0 Å². The third-order valence-corrected chi connectivity index (χ3v) is 6.53. The number of nitrogens with zero attached hydrogens (tertiary/aromatic N) is 1. The molecule has 0 bridgehead atoms. The fourth-order valence-electron chi connectivity index (χ4n) is 4.84. The van der Waals surface area contributed by atoms with Crippen LogP contribution in [-0.4, -0.2) is 49.8 Å². The molecule has 0 unspecified atom stereocenters. The van der Waals surface area contributed by atoms with E-state index in [-0.39, 0.29) is 12.7 Å². The maximum Gasteiger partial charge on any atom is 0.254 e. The van der Waals surface area contributed by atoms with Gasteiger partial charge >= 0.3 is 0 Å². The van der Waals surface area contributed by atoms with Gasteiger partial charge in [-0.1, -0.05) is 12.1 Å². The van der Waals surface area contributed by atoms with E-state index >= 15 is 0 Å². The number of benzene rings is 3. The van der Waals surface area contributed by atoms with Crippen LogP contribution in [0.1, 0.15) is 31.8 Å². The van der Waals surface area contributed by atoms with E-state index in [9.17, 15) is 9.59 Å². The Morgan fingerprint density at radius 2 is 1.67 bits per heavy atom. The van der Waals surface area contributed by atoms with Crippen molar-refractivity contribution in [3.63, 3.8) is 0 Å². The Kier molecular flexibility index (Phi) is 4.58. The molecule has 0 radical (unpaired) electrons. The van der Waals surface area contributed by atoms with E-state index in [0.717, 1.165) is 33.4 Å². The SMILES string of the molecule is NC(=O)c1cc(-c2ccc3c(c2)OCO3)cc2c1Cc1cc(C(=O)N3CCOCC3)ccc1-2. The van der Waals surface area contributed by atoms with Gasteiger partial charge in [0.15, 0.2) is 11.5 Å². The standard InChI is InChI=1S/C26H22N2O5/c27-25(29)22-11-17(15-2-4-23-24(13-15)33-14-32-23)10-20-19-3-1-16(9-18(19)12-21(20)22)26(30)28-5-7-31-8-6-28/h1-4,9-11,13H,5-8,12,14H2,(H2,27,29). The number of rotatable bonds is 3. The predicted molar refractivity (Wildman–Crippen MR) is 121 cm³/mol. The number of morpholine rings is 1. The van der Waals surface area contributed by atoms with Crippen molar-refractivity contribution in [2.24, 2.45) is 5.73 Å². The lowest BCUT2D eigenvalue weighted by atomic mass is 9.94. The highest BCUT2D eigenvalue weighted by atomic mass is 16.7. The van der Waals surface area contributed by atoms with Crippen molar-refractivity contribution in [1.29, 1.82) is 0 Å². The van der Waals surface area contributed by atoms with Gasteiger partial charge in [0.25, 0.3) is 5.91 Å². The molecule has 7 heteroatoms. The molecule has 2 amide bonds. The van der Waals surface area contributed by atoms with Crippen molar-refractivity contribution < 1.29 is 23.8 Å². The van der Waals surface area contributed by atoms with Gasteiger partial charge in [-0.15, -0.1) is 0 Å². The molecule has 0 atom stereocenters. The largest absolute Gasteiger partial charge is 0.454 e. The zero-order chi connectivity index (χ0) is 22.5. The molecule has 3 aromatic rings. The summed E-state index contributed by atoms with van der Waals surface area (Å²) in [5.74, 6) is 0.928. The molecule has 166 valence electrons. The van der Waals surface area contributed by atoms with E-state index in [2.05, 4.69) is 6.07 Å². The van der Waals surface area contributed by atoms with Crippen molar-refractivity contribution in [2.75, 3.05) is 33.1 Å². The summed E-state index contributed by atoms with van der Waals surface area (Å²) in [6, 6.07) is 15.4. The molecule has 3 aromatic carbocycles. The number of hydrogen-bond acceptors (Lipinski definition) is 5.